The van der Waals surface area contributed by atoms with Crippen LogP contribution in [0.15, 0.2) is 4.47 Å². The lowest BCUT2D eigenvalue weighted by molar-refractivity contribution is -0.146. The highest BCUT2D eigenvalue weighted by molar-refractivity contribution is 9.10. The SMILES string of the molecule is C#Cc1nc(C)c(CC(=O)OC(C)C)c(N2CCC(C)(C)CC2)c1Br. The number of anilines is 1. The van der Waals surface area contributed by atoms with Crippen molar-refractivity contribution in [2.75, 3.05) is 18.0 Å². The first kappa shape index (κ1) is 19.8. The highest BCUT2D eigenvalue weighted by atomic mass is 79.9. The van der Waals surface area contributed by atoms with Crippen LogP contribution >= 0.6 is 15.9 Å². The minimum atomic E-state index is -0.237. The number of ether oxygens (including phenoxy) is 1. The van der Waals surface area contributed by atoms with Crippen molar-refractivity contribution in [3.05, 3.63) is 21.4 Å². The van der Waals surface area contributed by atoms with Crippen molar-refractivity contribution in [3.63, 3.8) is 0 Å². The monoisotopic (exact) mass is 406 g/mol. The lowest BCUT2D eigenvalue weighted by atomic mass is 9.82. The van der Waals surface area contributed by atoms with Crippen molar-refractivity contribution in [2.45, 2.75) is 60.0 Å². The number of halogens is 1. The molecular formula is C20H27BrN2O2. The number of terminal acetylenes is 1. The van der Waals surface area contributed by atoms with Crippen LogP contribution in [0.25, 0.3) is 0 Å². The Hall–Kier alpha value is -1.54. The standard InChI is InChI=1S/C20H27BrN2O2/c1-7-16-18(21)19(23-10-8-20(5,6)9-11-23)15(14(4)22-16)12-17(24)25-13(2)3/h1,13H,8-12H2,2-6H3. The van der Waals surface area contributed by atoms with Crippen LogP contribution in [-0.4, -0.2) is 30.1 Å². The number of aromatic nitrogens is 1. The maximum Gasteiger partial charge on any atom is 0.310 e. The van der Waals surface area contributed by atoms with Gasteiger partial charge in [0.25, 0.3) is 0 Å². The molecule has 1 aliphatic heterocycles. The van der Waals surface area contributed by atoms with Crippen LogP contribution in [-0.2, 0) is 16.0 Å². The van der Waals surface area contributed by atoms with Crippen LogP contribution in [0.1, 0.15) is 57.5 Å². The number of pyridine rings is 1. The number of hydrogen-bond donors (Lipinski definition) is 0. The van der Waals surface area contributed by atoms with E-state index in [0.29, 0.717) is 11.1 Å². The minimum absolute atomic E-state index is 0.131. The Labute approximate surface area is 159 Å². The molecule has 0 atom stereocenters. The molecule has 2 rings (SSSR count). The normalized spacial score (nSPS) is 16.6. The summed E-state index contributed by atoms with van der Waals surface area (Å²) in [5.74, 6) is 2.41. The predicted octanol–water partition coefficient (Wildman–Crippen LogP) is 4.25. The number of carbonyl (C=O) groups excluding carboxylic acids is 1. The van der Waals surface area contributed by atoms with E-state index in [9.17, 15) is 4.79 Å². The Morgan fingerprint density at radius 1 is 1.40 bits per heavy atom. The van der Waals surface area contributed by atoms with Crippen molar-refractivity contribution in [3.8, 4) is 12.3 Å². The van der Waals surface area contributed by atoms with Gasteiger partial charge in [-0.3, -0.25) is 4.79 Å². The third-order valence-corrected chi connectivity index (χ3v) is 5.43. The molecule has 0 saturated carbocycles. The molecule has 0 bridgehead atoms. The summed E-state index contributed by atoms with van der Waals surface area (Å²) in [6.07, 6.45) is 7.90. The summed E-state index contributed by atoms with van der Waals surface area (Å²) in [6.45, 7) is 12.1. The van der Waals surface area contributed by atoms with Crippen LogP contribution in [0.4, 0.5) is 5.69 Å². The molecule has 1 aromatic rings. The van der Waals surface area contributed by atoms with Crippen molar-refractivity contribution >= 4 is 27.6 Å². The quantitative estimate of drug-likeness (QED) is 0.553. The van der Waals surface area contributed by atoms with E-state index in [0.717, 1.165) is 47.3 Å². The molecule has 0 radical (unpaired) electrons. The predicted molar refractivity (Wildman–Crippen MR) is 105 cm³/mol. The number of hydrogen-bond acceptors (Lipinski definition) is 4. The van der Waals surface area contributed by atoms with Crippen LogP contribution in [0.2, 0.25) is 0 Å². The van der Waals surface area contributed by atoms with Crippen molar-refractivity contribution in [2.24, 2.45) is 5.41 Å². The Balaban J connectivity index is 2.43. The van der Waals surface area contributed by atoms with Gasteiger partial charge < -0.3 is 9.64 Å². The van der Waals surface area contributed by atoms with E-state index in [1.54, 1.807) is 0 Å². The Morgan fingerprint density at radius 3 is 2.52 bits per heavy atom. The average Bonchev–Trinajstić information content (AvgIpc) is 2.51. The molecule has 1 fully saturated rings. The van der Waals surface area contributed by atoms with E-state index in [4.69, 9.17) is 11.2 Å². The summed E-state index contributed by atoms with van der Waals surface area (Å²) in [6, 6.07) is 0. The molecule has 1 aliphatic rings. The van der Waals surface area contributed by atoms with E-state index < -0.39 is 0 Å². The summed E-state index contributed by atoms with van der Waals surface area (Å²) in [5, 5.41) is 0. The highest BCUT2D eigenvalue weighted by Gasteiger charge is 2.29. The third-order valence-electron chi connectivity index (χ3n) is 4.68. The summed E-state index contributed by atoms with van der Waals surface area (Å²) in [5.41, 5.74) is 3.61. The minimum Gasteiger partial charge on any atom is -0.463 e. The van der Waals surface area contributed by atoms with Gasteiger partial charge in [0.05, 0.1) is 22.7 Å². The number of carbonyl (C=O) groups is 1. The lowest BCUT2D eigenvalue weighted by Crippen LogP contribution is -2.38. The highest BCUT2D eigenvalue weighted by Crippen LogP contribution is 2.39. The van der Waals surface area contributed by atoms with E-state index in [1.807, 2.05) is 20.8 Å². The topological polar surface area (TPSA) is 42.4 Å². The van der Waals surface area contributed by atoms with Gasteiger partial charge >= 0.3 is 5.97 Å². The molecule has 0 unspecified atom stereocenters. The fourth-order valence-corrected chi connectivity index (χ4v) is 3.81. The van der Waals surface area contributed by atoms with Crippen molar-refractivity contribution in [1.82, 2.24) is 4.98 Å². The van der Waals surface area contributed by atoms with Crippen LogP contribution in [0.3, 0.4) is 0 Å². The second kappa shape index (κ2) is 7.78. The number of piperidine rings is 1. The first-order valence-electron chi connectivity index (χ1n) is 8.74. The van der Waals surface area contributed by atoms with Gasteiger partial charge in [-0.25, -0.2) is 4.98 Å². The van der Waals surface area contributed by atoms with Gasteiger partial charge in [0.2, 0.25) is 0 Å². The molecule has 0 aliphatic carbocycles. The third kappa shape index (κ3) is 4.76. The Bertz CT molecular complexity index is 695. The maximum atomic E-state index is 12.3. The van der Waals surface area contributed by atoms with Gasteiger partial charge in [0.15, 0.2) is 0 Å². The van der Waals surface area contributed by atoms with Gasteiger partial charge in [-0.15, -0.1) is 6.42 Å². The number of esters is 1. The summed E-state index contributed by atoms with van der Waals surface area (Å²) in [7, 11) is 0. The van der Waals surface area contributed by atoms with Gasteiger partial charge in [-0.05, 0) is 60.9 Å². The Morgan fingerprint density at radius 2 is 2.00 bits per heavy atom. The van der Waals surface area contributed by atoms with Crippen LogP contribution in [0, 0.1) is 24.7 Å². The molecule has 136 valence electrons. The molecule has 0 amide bonds. The van der Waals surface area contributed by atoms with Gasteiger partial charge in [0, 0.05) is 24.3 Å². The van der Waals surface area contributed by atoms with Crippen molar-refractivity contribution in [1.29, 1.82) is 0 Å². The molecule has 25 heavy (non-hydrogen) atoms. The zero-order valence-corrected chi connectivity index (χ0v) is 17.4. The molecule has 1 saturated heterocycles. The number of nitrogens with zero attached hydrogens (tertiary/aromatic N) is 2. The summed E-state index contributed by atoms with van der Waals surface area (Å²) >= 11 is 3.63. The van der Waals surface area contributed by atoms with Gasteiger partial charge in [-0.2, -0.15) is 0 Å². The molecule has 1 aromatic heterocycles. The maximum absolute atomic E-state index is 12.3. The molecule has 0 spiro atoms. The number of rotatable bonds is 4. The molecule has 0 aromatic carbocycles. The Kier molecular flexibility index (Phi) is 6.16. The second-order valence-electron chi connectivity index (χ2n) is 7.70. The molecule has 0 N–H and O–H groups in total. The van der Waals surface area contributed by atoms with Crippen molar-refractivity contribution < 1.29 is 9.53 Å². The first-order valence-corrected chi connectivity index (χ1v) is 9.54. The second-order valence-corrected chi connectivity index (χ2v) is 8.49. The largest absolute Gasteiger partial charge is 0.463 e. The fourth-order valence-electron chi connectivity index (χ4n) is 3.12. The van der Waals surface area contributed by atoms with E-state index in [2.05, 4.69) is 45.6 Å². The summed E-state index contributed by atoms with van der Waals surface area (Å²) < 4.78 is 6.14. The lowest BCUT2D eigenvalue weighted by Gasteiger charge is -2.39. The first-order chi connectivity index (χ1) is 11.6. The van der Waals surface area contributed by atoms with E-state index in [1.165, 1.54) is 0 Å². The molecule has 2 heterocycles. The molecule has 4 nitrogen and oxygen atoms in total. The molecular weight excluding hydrogens is 380 g/mol. The summed E-state index contributed by atoms with van der Waals surface area (Å²) in [4.78, 5) is 19.1. The molecule has 5 heteroatoms. The zero-order chi connectivity index (χ0) is 18.8. The van der Waals surface area contributed by atoms with Gasteiger partial charge in [0.1, 0.15) is 5.69 Å². The van der Waals surface area contributed by atoms with Crippen LogP contribution < -0.4 is 4.90 Å². The van der Waals surface area contributed by atoms with E-state index in [-0.39, 0.29) is 18.5 Å². The fraction of sp³-hybridized carbons (Fsp3) is 0.600. The number of aryl methyl sites for hydroxylation is 1. The average molecular weight is 407 g/mol. The van der Waals surface area contributed by atoms with Gasteiger partial charge in [-0.1, -0.05) is 13.8 Å². The zero-order valence-electron chi connectivity index (χ0n) is 15.8. The van der Waals surface area contributed by atoms with Crippen LogP contribution in [0.5, 0.6) is 0 Å². The van der Waals surface area contributed by atoms with E-state index >= 15 is 0 Å². The smallest absolute Gasteiger partial charge is 0.310 e.